The van der Waals surface area contributed by atoms with Gasteiger partial charge >= 0.3 is 0 Å². The van der Waals surface area contributed by atoms with Gasteiger partial charge in [0, 0.05) is 30.5 Å². The first kappa shape index (κ1) is 12.7. The van der Waals surface area contributed by atoms with Crippen LogP contribution in [0.3, 0.4) is 0 Å². The maximum absolute atomic E-state index is 6.20. The predicted octanol–water partition coefficient (Wildman–Crippen LogP) is 3.03. The van der Waals surface area contributed by atoms with Gasteiger partial charge in [-0.1, -0.05) is 36.4 Å². The van der Waals surface area contributed by atoms with Crippen molar-refractivity contribution in [3.63, 3.8) is 0 Å². The van der Waals surface area contributed by atoms with Crippen LogP contribution < -0.4 is 0 Å². The molecule has 1 saturated heterocycles. The van der Waals surface area contributed by atoms with Gasteiger partial charge in [-0.3, -0.25) is 0 Å². The summed E-state index contributed by atoms with van der Waals surface area (Å²) in [5.41, 5.74) is 0.0858. The number of hydrogen-bond donors (Lipinski definition) is 0. The van der Waals surface area contributed by atoms with Crippen molar-refractivity contribution in [1.29, 1.82) is 0 Å². The Kier molecular flexibility index (Phi) is 5.14. The molecule has 2 nitrogen and oxygen atoms in total. The van der Waals surface area contributed by atoms with E-state index in [2.05, 4.69) is 43.4 Å². The molecule has 1 atom stereocenters. The van der Waals surface area contributed by atoms with Gasteiger partial charge in [0.05, 0.1) is 11.7 Å². The first-order valence-corrected chi connectivity index (χ1v) is 6.94. The number of rotatable bonds is 4. The van der Waals surface area contributed by atoms with Crippen molar-refractivity contribution in [2.45, 2.75) is 45.3 Å². The molecular formula is C11H21IO2. The van der Waals surface area contributed by atoms with Gasteiger partial charge in [0.15, 0.2) is 0 Å². The van der Waals surface area contributed by atoms with Gasteiger partial charge in [-0.05, 0) is 12.8 Å². The van der Waals surface area contributed by atoms with E-state index >= 15 is 0 Å². The van der Waals surface area contributed by atoms with E-state index in [-0.39, 0.29) is 5.60 Å². The molecule has 0 N–H and O–H groups in total. The van der Waals surface area contributed by atoms with Crippen LogP contribution in [-0.4, -0.2) is 29.3 Å². The zero-order chi connectivity index (χ0) is 10.6. The lowest BCUT2D eigenvalue weighted by molar-refractivity contribution is -0.134. The molecule has 1 aliphatic rings. The van der Waals surface area contributed by atoms with E-state index in [0.29, 0.717) is 12.0 Å². The van der Waals surface area contributed by atoms with Gasteiger partial charge in [0.25, 0.3) is 0 Å². The molecule has 0 aromatic rings. The third-order valence-corrected chi connectivity index (χ3v) is 4.41. The second kappa shape index (κ2) is 5.66. The van der Waals surface area contributed by atoms with E-state index < -0.39 is 0 Å². The van der Waals surface area contributed by atoms with Crippen LogP contribution in [0.4, 0.5) is 0 Å². The summed E-state index contributed by atoms with van der Waals surface area (Å²) < 4.78 is 12.7. The zero-order valence-corrected chi connectivity index (χ0v) is 11.5. The molecule has 1 unspecified atom stereocenters. The molecule has 84 valence electrons. The fourth-order valence-corrected chi connectivity index (χ4v) is 2.50. The molecule has 1 heterocycles. The molecule has 1 fully saturated rings. The van der Waals surface area contributed by atoms with Crippen molar-refractivity contribution in [2.75, 3.05) is 17.6 Å². The monoisotopic (exact) mass is 312 g/mol. The molecule has 0 aromatic carbocycles. The van der Waals surface area contributed by atoms with E-state index in [9.17, 15) is 0 Å². The van der Waals surface area contributed by atoms with Crippen LogP contribution in [0, 0.1) is 5.92 Å². The van der Waals surface area contributed by atoms with Gasteiger partial charge in [-0.25, -0.2) is 0 Å². The quantitative estimate of drug-likeness (QED) is 0.587. The van der Waals surface area contributed by atoms with Gasteiger partial charge in [-0.2, -0.15) is 0 Å². The van der Waals surface area contributed by atoms with Gasteiger partial charge < -0.3 is 9.47 Å². The molecule has 0 bridgehead atoms. The molecular weight excluding hydrogens is 291 g/mol. The van der Waals surface area contributed by atoms with Crippen LogP contribution in [0.2, 0.25) is 0 Å². The number of hydrogen-bond acceptors (Lipinski definition) is 2. The lowest BCUT2D eigenvalue weighted by atomic mass is 9.95. The minimum atomic E-state index is 0.0858. The highest BCUT2D eigenvalue weighted by Gasteiger charge is 2.34. The summed E-state index contributed by atoms with van der Waals surface area (Å²) in [6.45, 7) is 8.31. The van der Waals surface area contributed by atoms with Crippen molar-refractivity contribution in [1.82, 2.24) is 0 Å². The molecule has 0 saturated carbocycles. The Morgan fingerprint density at radius 1 is 1.29 bits per heavy atom. The summed E-state index contributed by atoms with van der Waals surface area (Å²) in [5.74, 6) is 0.595. The minimum absolute atomic E-state index is 0.0858. The van der Waals surface area contributed by atoms with Crippen LogP contribution in [0.1, 0.15) is 33.6 Å². The van der Waals surface area contributed by atoms with Gasteiger partial charge in [0.2, 0.25) is 0 Å². The molecule has 14 heavy (non-hydrogen) atoms. The lowest BCUT2D eigenvalue weighted by Gasteiger charge is -2.39. The maximum Gasteiger partial charge on any atom is 0.0819 e. The van der Waals surface area contributed by atoms with Crippen LogP contribution >= 0.6 is 22.6 Å². The molecule has 0 spiro atoms. The van der Waals surface area contributed by atoms with E-state index in [4.69, 9.17) is 9.47 Å². The second-order valence-corrected chi connectivity index (χ2v) is 5.26. The summed E-state index contributed by atoms with van der Waals surface area (Å²) in [6.07, 6.45) is 2.45. The van der Waals surface area contributed by atoms with Crippen molar-refractivity contribution in [2.24, 2.45) is 5.92 Å². The Balaban J connectivity index is 2.51. The Hall–Kier alpha value is 0.650. The Bertz CT molecular complexity index is 165. The molecule has 0 amide bonds. The first-order valence-electron chi connectivity index (χ1n) is 5.41. The van der Waals surface area contributed by atoms with Crippen LogP contribution in [0.25, 0.3) is 0 Å². The molecule has 0 aliphatic carbocycles. The van der Waals surface area contributed by atoms with E-state index in [1.165, 1.54) is 0 Å². The van der Waals surface area contributed by atoms with Crippen LogP contribution in [0.15, 0.2) is 0 Å². The zero-order valence-electron chi connectivity index (χ0n) is 9.38. The molecule has 1 rings (SSSR count). The van der Waals surface area contributed by atoms with Crippen LogP contribution in [0.5, 0.6) is 0 Å². The second-order valence-electron chi connectivity index (χ2n) is 4.50. The number of ether oxygens (including phenoxy) is 2. The first-order chi connectivity index (χ1) is 6.59. The van der Waals surface area contributed by atoms with Crippen molar-refractivity contribution in [3.05, 3.63) is 0 Å². The highest BCUT2D eigenvalue weighted by atomic mass is 127. The maximum atomic E-state index is 6.20. The smallest absolute Gasteiger partial charge is 0.0819 e. The summed E-state index contributed by atoms with van der Waals surface area (Å²) in [7, 11) is 0. The Morgan fingerprint density at radius 2 is 1.86 bits per heavy atom. The third kappa shape index (κ3) is 3.35. The highest BCUT2D eigenvalue weighted by molar-refractivity contribution is 14.1. The van der Waals surface area contributed by atoms with Gasteiger partial charge in [-0.15, -0.1) is 0 Å². The average Bonchev–Trinajstić information content (AvgIpc) is 2.19. The highest BCUT2D eigenvalue weighted by Crippen LogP contribution is 2.30. The SMILES string of the molecule is CC(C)C(C)OC1(CI)CCOCC1. The molecule has 1 aliphatic heterocycles. The van der Waals surface area contributed by atoms with Crippen molar-refractivity contribution >= 4 is 22.6 Å². The summed E-state index contributed by atoms with van der Waals surface area (Å²) in [5, 5.41) is 0. The number of halogens is 1. The molecule has 3 heteroatoms. The predicted molar refractivity (Wildman–Crippen MR) is 67.1 cm³/mol. The third-order valence-electron chi connectivity index (χ3n) is 3.02. The van der Waals surface area contributed by atoms with E-state index in [1.807, 2.05) is 0 Å². The fourth-order valence-electron chi connectivity index (χ4n) is 1.56. The normalized spacial score (nSPS) is 23.8. The topological polar surface area (TPSA) is 18.5 Å². The molecule has 0 aromatic heterocycles. The van der Waals surface area contributed by atoms with Crippen molar-refractivity contribution in [3.8, 4) is 0 Å². The molecule has 0 radical (unpaired) electrons. The Labute approximate surface area is 101 Å². The van der Waals surface area contributed by atoms with Gasteiger partial charge in [0.1, 0.15) is 0 Å². The summed E-state index contributed by atoms with van der Waals surface area (Å²) in [4.78, 5) is 0. The standard InChI is InChI=1S/C11H21IO2/c1-9(2)10(3)14-11(8-12)4-6-13-7-5-11/h9-10H,4-8H2,1-3H3. The van der Waals surface area contributed by atoms with Crippen LogP contribution in [-0.2, 0) is 9.47 Å². The summed E-state index contributed by atoms with van der Waals surface area (Å²) in [6, 6.07) is 0. The number of alkyl halides is 1. The minimum Gasteiger partial charge on any atom is -0.381 e. The average molecular weight is 312 g/mol. The lowest BCUT2D eigenvalue weighted by Crippen LogP contribution is -2.44. The fraction of sp³-hybridized carbons (Fsp3) is 1.00. The summed E-state index contributed by atoms with van der Waals surface area (Å²) >= 11 is 2.44. The largest absolute Gasteiger partial charge is 0.381 e. The van der Waals surface area contributed by atoms with E-state index in [1.54, 1.807) is 0 Å². The van der Waals surface area contributed by atoms with E-state index in [0.717, 1.165) is 30.5 Å². The Morgan fingerprint density at radius 3 is 2.29 bits per heavy atom. The van der Waals surface area contributed by atoms with Crippen molar-refractivity contribution < 1.29 is 9.47 Å².